The van der Waals surface area contributed by atoms with Gasteiger partial charge >= 0.3 is 19.8 Å². The number of nitrogens with two attached hydrogens (primary N) is 1. The highest BCUT2D eigenvalue weighted by Gasteiger charge is 2.26. The summed E-state index contributed by atoms with van der Waals surface area (Å²) in [5.41, 5.74) is 5.37. The molecular formula is C62H124NO8P. The molecule has 0 saturated carbocycles. The molecule has 0 radical (unpaired) electrons. The SMILES string of the molecule is CCCCCCCCCCCCCCCCCCCCCCCCCCCCCCCCCCCCCCCCCCCC(=O)OC(COC(=O)CCCCCCCCCCCC)COP(=O)(O)OCCN. The normalized spacial score (nSPS) is 12.9. The van der Waals surface area contributed by atoms with E-state index in [2.05, 4.69) is 13.8 Å². The zero-order valence-corrected chi connectivity index (χ0v) is 49.1. The van der Waals surface area contributed by atoms with E-state index in [1.54, 1.807) is 0 Å². The largest absolute Gasteiger partial charge is 0.472 e. The molecule has 0 amide bonds. The third kappa shape index (κ3) is 58.3. The average Bonchev–Trinajstić information content (AvgIpc) is 3.37. The van der Waals surface area contributed by atoms with Gasteiger partial charge in [-0.15, -0.1) is 0 Å². The van der Waals surface area contributed by atoms with Gasteiger partial charge in [-0.1, -0.05) is 328 Å². The maximum absolute atomic E-state index is 12.7. The molecule has 0 heterocycles. The van der Waals surface area contributed by atoms with E-state index in [4.69, 9.17) is 24.3 Å². The van der Waals surface area contributed by atoms with Crippen LogP contribution in [-0.4, -0.2) is 49.3 Å². The molecule has 0 aromatic rings. The standard InChI is InChI=1S/C62H124NO8P/c1-3-5-7-9-11-13-15-16-17-18-19-20-21-22-23-24-25-26-27-28-29-30-31-32-33-34-35-36-37-38-39-40-41-42-43-44-45-47-49-51-53-55-62(65)71-60(59-70-72(66,67)69-57-56-63)58-68-61(64)54-52-50-48-46-14-12-10-8-6-4-2/h60H,3-59,63H2,1-2H3,(H,66,67). The van der Waals surface area contributed by atoms with Crippen LogP contribution in [0, 0.1) is 0 Å². The third-order valence-corrected chi connectivity index (χ3v) is 15.7. The number of hydrogen-bond acceptors (Lipinski definition) is 8. The summed E-state index contributed by atoms with van der Waals surface area (Å²) in [7, 11) is -4.37. The fourth-order valence-corrected chi connectivity index (χ4v) is 10.8. The van der Waals surface area contributed by atoms with Crippen molar-refractivity contribution < 1.29 is 37.6 Å². The summed E-state index contributed by atoms with van der Waals surface area (Å²) in [6, 6.07) is 0. The van der Waals surface area contributed by atoms with Gasteiger partial charge in [0.2, 0.25) is 0 Å². The molecule has 0 saturated heterocycles. The lowest BCUT2D eigenvalue weighted by molar-refractivity contribution is -0.161. The summed E-state index contributed by atoms with van der Waals surface area (Å²) in [5.74, 6) is -0.809. The average molecular weight is 1040 g/mol. The van der Waals surface area contributed by atoms with Gasteiger partial charge in [0.1, 0.15) is 6.61 Å². The molecule has 0 aliphatic carbocycles. The molecule has 0 aliphatic rings. The number of carbonyl (C=O) groups excluding carboxylic acids is 2. The molecule has 3 N–H and O–H groups in total. The zero-order chi connectivity index (χ0) is 52.4. The van der Waals surface area contributed by atoms with E-state index in [9.17, 15) is 19.0 Å². The highest BCUT2D eigenvalue weighted by molar-refractivity contribution is 7.47. The Morgan fingerprint density at radius 2 is 0.597 bits per heavy atom. The molecule has 0 spiro atoms. The zero-order valence-electron chi connectivity index (χ0n) is 48.2. The summed E-state index contributed by atoms with van der Waals surface area (Å²) in [6.07, 6.45) is 68.1. The smallest absolute Gasteiger partial charge is 0.462 e. The fourth-order valence-electron chi connectivity index (χ4n) is 10.00. The molecule has 72 heavy (non-hydrogen) atoms. The molecule has 430 valence electrons. The molecule has 0 aromatic heterocycles. The fraction of sp³-hybridized carbons (Fsp3) is 0.968. The van der Waals surface area contributed by atoms with Crippen LogP contribution in [0.2, 0.25) is 0 Å². The lowest BCUT2D eigenvalue weighted by Gasteiger charge is -2.19. The highest BCUT2D eigenvalue weighted by Crippen LogP contribution is 2.43. The van der Waals surface area contributed by atoms with Crippen molar-refractivity contribution in [2.75, 3.05) is 26.4 Å². The Balaban J connectivity index is 3.61. The minimum absolute atomic E-state index is 0.0582. The Bertz CT molecular complexity index is 1140. The highest BCUT2D eigenvalue weighted by atomic mass is 31.2. The van der Waals surface area contributed by atoms with E-state index >= 15 is 0 Å². The topological polar surface area (TPSA) is 134 Å². The second-order valence-corrected chi connectivity index (χ2v) is 23.5. The first kappa shape index (κ1) is 71.0. The van der Waals surface area contributed by atoms with Crippen LogP contribution in [0.3, 0.4) is 0 Å². The third-order valence-electron chi connectivity index (χ3n) is 14.7. The number of phosphoric ester groups is 1. The van der Waals surface area contributed by atoms with Crippen molar-refractivity contribution >= 4 is 19.8 Å². The van der Waals surface area contributed by atoms with Crippen LogP contribution in [0.1, 0.15) is 354 Å². The summed E-state index contributed by atoms with van der Waals surface area (Å²) in [5, 5.41) is 0. The Hall–Kier alpha value is -0.990. The van der Waals surface area contributed by atoms with Gasteiger partial charge in [0.15, 0.2) is 6.10 Å². The van der Waals surface area contributed by atoms with E-state index in [-0.39, 0.29) is 38.6 Å². The number of carbonyl (C=O) groups is 2. The van der Waals surface area contributed by atoms with E-state index in [0.717, 1.165) is 32.1 Å². The molecule has 0 rings (SSSR count). The van der Waals surface area contributed by atoms with Crippen LogP contribution in [0.5, 0.6) is 0 Å². The number of rotatable bonds is 62. The Labute approximate surface area is 447 Å². The van der Waals surface area contributed by atoms with Gasteiger partial charge in [-0.05, 0) is 12.8 Å². The molecule has 9 nitrogen and oxygen atoms in total. The Morgan fingerprint density at radius 3 is 0.847 bits per heavy atom. The van der Waals surface area contributed by atoms with Crippen LogP contribution in [-0.2, 0) is 32.7 Å². The number of ether oxygens (including phenoxy) is 2. The second kappa shape index (κ2) is 59.3. The van der Waals surface area contributed by atoms with Crippen molar-refractivity contribution in [3.8, 4) is 0 Å². The van der Waals surface area contributed by atoms with Crippen molar-refractivity contribution in [3.63, 3.8) is 0 Å². The maximum atomic E-state index is 12.7. The van der Waals surface area contributed by atoms with Crippen molar-refractivity contribution in [1.29, 1.82) is 0 Å². The van der Waals surface area contributed by atoms with E-state index < -0.39 is 26.5 Å². The lowest BCUT2D eigenvalue weighted by atomic mass is 10.0. The predicted molar refractivity (Wildman–Crippen MR) is 308 cm³/mol. The van der Waals surface area contributed by atoms with Crippen molar-refractivity contribution in [3.05, 3.63) is 0 Å². The Kier molecular flexibility index (Phi) is 58.4. The number of phosphoric acid groups is 1. The van der Waals surface area contributed by atoms with Gasteiger partial charge in [0, 0.05) is 19.4 Å². The summed E-state index contributed by atoms with van der Waals surface area (Å²) < 4.78 is 32.9. The van der Waals surface area contributed by atoms with E-state index in [0.29, 0.717) is 6.42 Å². The number of unbranched alkanes of at least 4 members (excludes halogenated alkanes) is 49. The van der Waals surface area contributed by atoms with E-state index in [1.165, 1.54) is 289 Å². The Morgan fingerprint density at radius 1 is 0.361 bits per heavy atom. The molecule has 0 bridgehead atoms. The molecule has 2 unspecified atom stereocenters. The van der Waals surface area contributed by atoms with Gasteiger partial charge in [0.05, 0.1) is 13.2 Å². The summed E-state index contributed by atoms with van der Waals surface area (Å²) >= 11 is 0. The maximum Gasteiger partial charge on any atom is 0.472 e. The van der Waals surface area contributed by atoms with Gasteiger partial charge in [0.25, 0.3) is 0 Å². The second-order valence-electron chi connectivity index (χ2n) is 22.0. The van der Waals surface area contributed by atoms with Gasteiger partial charge < -0.3 is 20.1 Å². The first-order chi connectivity index (χ1) is 35.3. The molecule has 10 heteroatoms. The lowest BCUT2D eigenvalue weighted by Crippen LogP contribution is -2.29. The molecular weight excluding hydrogens is 918 g/mol. The van der Waals surface area contributed by atoms with Crippen molar-refractivity contribution in [2.45, 2.75) is 360 Å². The minimum atomic E-state index is -4.37. The van der Waals surface area contributed by atoms with Crippen molar-refractivity contribution in [1.82, 2.24) is 0 Å². The first-order valence-corrected chi connectivity index (χ1v) is 33.5. The first-order valence-electron chi connectivity index (χ1n) is 32.0. The van der Waals surface area contributed by atoms with Crippen LogP contribution in [0.15, 0.2) is 0 Å². The number of hydrogen-bond donors (Lipinski definition) is 2. The predicted octanol–water partition coefficient (Wildman–Crippen LogP) is 20.2. The quantitative estimate of drug-likeness (QED) is 0.0347. The van der Waals surface area contributed by atoms with E-state index in [1.807, 2.05) is 0 Å². The van der Waals surface area contributed by atoms with Gasteiger partial charge in [-0.25, -0.2) is 4.57 Å². The van der Waals surface area contributed by atoms with Gasteiger partial charge in [-0.3, -0.25) is 18.6 Å². The van der Waals surface area contributed by atoms with Crippen LogP contribution in [0.25, 0.3) is 0 Å². The summed E-state index contributed by atoms with van der Waals surface area (Å²) in [4.78, 5) is 35.0. The molecule has 0 fully saturated rings. The van der Waals surface area contributed by atoms with Crippen LogP contribution < -0.4 is 5.73 Å². The molecule has 2 atom stereocenters. The molecule has 0 aliphatic heterocycles. The van der Waals surface area contributed by atoms with Crippen molar-refractivity contribution in [2.24, 2.45) is 5.73 Å². The number of esters is 2. The van der Waals surface area contributed by atoms with Crippen LogP contribution >= 0.6 is 7.82 Å². The van der Waals surface area contributed by atoms with Gasteiger partial charge in [-0.2, -0.15) is 0 Å². The van der Waals surface area contributed by atoms with Crippen LogP contribution in [0.4, 0.5) is 0 Å². The monoisotopic (exact) mass is 1040 g/mol. The molecule has 0 aromatic carbocycles. The minimum Gasteiger partial charge on any atom is -0.462 e. The summed E-state index contributed by atoms with van der Waals surface area (Å²) in [6.45, 7) is 3.79.